The van der Waals surface area contributed by atoms with Crippen molar-refractivity contribution in [2.75, 3.05) is 192 Å². The van der Waals surface area contributed by atoms with E-state index < -0.39 is 103 Å². The second-order valence-corrected chi connectivity index (χ2v) is 43.6. The number of hydrogen-bond acceptors (Lipinski definition) is 34. The number of rotatable bonds is 99. The molecule has 0 aliphatic heterocycles. The van der Waals surface area contributed by atoms with Crippen molar-refractivity contribution in [3.8, 4) is 0 Å². The van der Waals surface area contributed by atoms with Crippen molar-refractivity contribution in [1.29, 1.82) is 0 Å². The fourth-order valence-corrected chi connectivity index (χ4v) is 19.4. The lowest BCUT2D eigenvalue weighted by Crippen LogP contribution is -2.45. The number of carbonyl (C=O) groups excluding carboxylic acids is 12. The predicted octanol–water partition coefficient (Wildman–Crippen LogP) is 19.9. The van der Waals surface area contributed by atoms with E-state index in [9.17, 15) is 57.5 Å². The zero-order valence-electron chi connectivity index (χ0n) is 86.4. The van der Waals surface area contributed by atoms with Crippen LogP contribution in [0.2, 0.25) is 0 Å². The maximum absolute atomic E-state index is 13.7. The third kappa shape index (κ3) is 83.1. The number of hydrogen-bond donors (Lipinski definition) is 0. The average molecular weight is 2050 g/mol. The lowest BCUT2D eigenvalue weighted by Gasteiger charge is -2.32. The lowest BCUT2D eigenvalue weighted by molar-refractivity contribution is -0.152. The molecule has 794 valence electrons. The molecule has 0 saturated carbocycles. The van der Waals surface area contributed by atoms with E-state index in [4.69, 9.17) is 56.8 Å². The van der Waals surface area contributed by atoms with E-state index in [1.54, 1.807) is 41.5 Å². The third-order valence-electron chi connectivity index (χ3n) is 22.7. The SMILES string of the molecule is CCCCCCCCSC(C)C(=O)OCCOC(=O)CCN(CCC(=O)OCCOC(=O)C(C)SCCCCCCCC)CCN(CCN(CCC(=O)OCCOC(=O)C(C)SCCCCCCCC)CCC(=O)OCCOC(=O)C(C)SCCCCCCCC)CCN(CCC(=O)OCCOC(=O)C(C)SCCCCCCCC)CCC(=O)OCCOC(=O)C(C)SCCCCCCCC. The second-order valence-electron chi connectivity index (χ2n) is 34.9. The highest BCUT2D eigenvalue weighted by Crippen LogP contribution is 2.23. The number of esters is 12. The molecular formula is C102H186N4O24S6. The van der Waals surface area contributed by atoms with Crippen molar-refractivity contribution in [2.45, 2.75) is 384 Å². The van der Waals surface area contributed by atoms with Crippen molar-refractivity contribution >= 4 is 142 Å². The van der Waals surface area contributed by atoms with Gasteiger partial charge in [0.1, 0.15) is 79.3 Å². The predicted molar refractivity (Wildman–Crippen MR) is 557 cm³/mol. The van der Waals surface area contributed by atoms with Gasteiger partial charge in [-0.05, 0) is 115 Å². The largest absolute Gasteiger partial charge is 0.462 e. The molecule has 0 fully saturated rings. The minimum Gasteiger partial charge on any atom is -0.462 e. The fraction of sp³-hybridized carbons (Fsp3) is 0.882. The molecule has 0 radical (unpaired) electrons. The second kappa shape index (κ2) is 95.4. The van der Waals surface area contributed by atoms with E-state index in [2.05, 4.69) is 46.4 Å². The Morgan fingerprint density at radius 2 is 0.287 bits per heavy atom. The Balaban J connectivity index is 7.53. The normalized spacial score (nSPS) is 12.8. The van der Waals surface area contributed by atoms with E-state index in [1.807, 2.05) is 14.7 Å². The summed E-state index contributed by atoms with van der Waals surface area (Å²) >= 11 is 9.20. The summed E-state index contributed by atoms with van der Waals surface area (Å²) in [6.45, 7) is 24.1. The van der Waals surface area contributed by atoms with Crippen molar-refractivity contribution in [3.63, 3.8) is 0 Å². The van der Waals surface area contributed by atoms with Gasteiger partial charge in [0.05, 0.1) is 70.0 Å². The van der Waals surface area contributed by atoms with Crippen LogP contribution in [0.3, 0.4) is 0 Å². The summed E-state index contributed by atoms with van der Waals surface area (Å²) in [7, 11) is 0. The average Bonchev–Trinajstić information content (AvgIpc) is 0.927. The Morgan fingerprint density at radius 1 is 0.169 bits per heavy atom. The van der Waals surface area contributed by atoms with E-state index >= 15 is 0 Å². The molecule has 28 nitrogen and oxygen atoms in total. The molecular weight excluding hydrogens is 1860 g/mol. The standard InChI is InChI=1S/C102H186N4O24S6/c1-13-19-25-31-37-43-79-131-85(7)97(113)125-73-67-119-91(107)49-55-103(56-50-92(108)120-68-74-126-98(114)86(8)132-80-44-38-32-26-20-14-2)61-64-106(65-62-104(57-51-93(109)121-69-75-127-99(115)87(9)133-81-45-39-33-27-21-15-3)58-52-94(110)122-70-76-128-100(116)88(10)134-82-46-40-34-28-22-16-4)66-63-105(59-53-95(111)123-71-77-129-101(117)89(11)135-83-47-41-35-29-23-17-5)60-54-96(112)124-72-78-130-102(118)90(12)136-84-48-42-36-30-24-18-6/h85-90H,13-84H2,1-12H3. The fourth-order valence-electron chi connectivity index (χ4n) is 13.9. The molecule has 0 aromatic rings. The number of unbranched alkanes of at least 4 members (excludes halogenated alkanes) is 30. The smallest absolute Gasteiger partial charge is 0.318 e. The molecule has 136 heavy (non-hydrogen) atoms. The summed E-state index contributed by atoms with van der Waals surface area (Å²) in [5, 5.41) is -2.40. The summed E-state index contributed by atoms with van der Waals surface area (Å²) in [6, 6.07) is 0. The lowest BCUT2D eigenvalue weighted by atomic mass is 10.1. The molecule has 0 aliphatic carbocycles. The Kier molecular flexibility index (Phi) is 92.3. The van der Waals surface area contributed by atoms with Gasteiger partial charge in [-0.15, -0.1) is 70.6 Å². The van der Waals surface area contributed by atoms with Crippen molar-refractivity contribution in [1.82, 2.24) is 19.6 Å². The minimum atomic E-state index is -0.576. The van der Waals surface area contributed by atoms with Gasteiger partial charge < -0.3 is 71.5 Å². The molecule has 0 aromatic heterocycles. The van der Waals surface area contributed by atoms with Crippen LogP contribution in [-0.4, -0.2) is 315 Å². The molecule has 0 heterocycles. The molecule has 0 amide bonds. The summed E-state index contributed by atoms with van der Waals surface area (Å²) < 4.78 is 66.9. The number of ether oxygens (including phenoxy) is 12. The Labute approximate surface area is 847 Å². The van der Waals surface area contributed by atoms with Crippen LogP contribution in [0.5, 0.6) is 0 Å². The first kappa shape index (κ1) is 132. The molecule has 6 unspecified atom stereocenters. The summed E-state index contributed by atoms with van der Waals surface area (Å²) in [4.78, 5) is 168. The summed E-state index contributed by atoms with van der Waals surface area (Å²) in [5.74, 6) is -0.892. The van der Waals surface area contributed by atoms with Gasteiger partial charge in [-0.2, -0.15) is 0 Å². The van der Waals surface area contributed by atoms with Crippen LogP contribution in [-0.2, 0) is 114 Å². The van der Waals surface area contributed by atoms with E-state index in [1.165, 1.54) is 186 Å². The molecule has 0 N–H and O–H groups in total. The van der Waals surface area contributed by atoms with Crippen molar-refractivity contribution in [3.05, 3.63) is 0 Å². The zero-order valence-corrected chi connectivity index (χ0v) is 91.3. The van der Waals surface area contributed by atoms with Crippen LogP contribution in [0, 0.1) is 0 Å². The summed E-state index contributed by atoms with van der Waals surface area (Å²) in [5.41, 5.74) is 0. The van der Waals surface area contributed by atoms with Crippen molar-refractivity contribution in [2.24, 2.45) is 0 Å². The van der Waals surface area contributed by atoms with Crippen LogP contribution < -0.4 is 0 Å². The number of carbonyl (C=O) groups is 12. The number of thioether (sulfide) groups is 6. The molecule has 0 spiro atoms. The van der Waals surface area contributed by atoms with Gasteiger partial charge in [0, 0.05) is 78.5 Å². The highest BCUT2D eigenvalue weighted by atomic mass is 32.2. The van der Waals surface area contributed by atoms with E-state index in [0.29, 0.717) is 0 Å². The maximum atomic E-state index is 13.7. The minimum absolute atomic E-state index is 0.101. The highest BCUT2D eigenvalue weighted by molar-refractivity contribution is 8.01. The topological polar surface area (TPSA) is 329 Å². The first-order valence-corrected chi connectivity index (χ1v) is 58.7. The molecule has 0 bridgehead atoms. The van der Waals surface area contributed by atoms with Gasteiger partial charge in [-0.1, -0.05) is 234 Å². The van der Waals surface area contributed by atoms with Gasteiger partial charge in [0.15, 0.2) is 0 Å². The molecule has 34 heteroatoms. The Hall–Kier alpha value is -4.42. The van der Waals surface area contributed by atoms with Gasteiger partial charge in [0.2, 0.25) is 0 Å². The molecule has 0 saturated heterocycles. The Morgan fingerprint density at radius 3 is 0.426 bits per heavy atom. The Bertz CT molecular complexity index is 2530. The van der Waals surface area contributed by atoms with Crippen LogP contribution in [0.1, 0.15) is 353 Å². The molecule has 0 aromatic carbocycles. The van der Waals surface area contributed by atoms with Gasteiger partial charge in [0.25, 0.3) is 0 Å². The number of nitrogens with zero attached hydrogens (tertiary/aromatic N) is 4. The first-order valence-electron chi connectivity index (χ1n) is 52.4. The van der Waals surface area contributed by atoms with E-state index in [-0.39, 0.29) is 196 Å². The first-order chi connectivity index (χ1) is 65.8. The van der Waals surface area contributed by atoms with Gasteiger partial charge in [-0.25, -0.2) is 0 Å². The van der Waals surface area contributed by atoms with Crippen LogP contribution >= 0.6 is 70.6 Å². The molecule has 0 rings (SSSR count). The quantitative estimate of drug-likeness (QED) is 0.0310. The van der Waals surface area contributed by atoms with E-state index in [0.717, 1.165) is 150 Å². The van der Waals surface area contributed by atoms with Crippen molar-refractivity contribution < 1.29 is 114 Å². The third-order valence-corrected chi connectivity index (χ3v) is 30.0. The van der Waals surface area contributed by atoms with Crippen LogP contribution in [0.25, 0.3) is 0 Å². The highest BCUT2D eigenvalue weighted by Gasteiger charge is 2.25. The molecule has 0 aliphatic rings. The van der Waals surface area contributed by atoms with Gasteiger partial charge in [-0.3, -0.25) is 62.4 Å². The monoisotopic (exact) mass is 2040 g/mol. The summed E-state index contributed by atoms with van der Waals surface area (Å²) in [6.07, 6.45) is 40.2. The zero-order chi connectivity index (χ0) is 100. The van der Waals surface area contributed by atoms with Crippen LogP contribution in [0.15, 0.2) is 0 Å². The van der Waals surface area contributed by atoms with Gasteiger partial charge >= 0.3 is 71.6 Å². The van der Waals surface area contributed by atoms with Crippen LogP contribution in [0.4, 0.5) is 0 Å². The maximum Gasteiger partial charge on any atom is 0.318 e. The molecule has 6 atom stereocenters.